The second-order valence-corrected chi connectivity index (χ2v) is 3.49. The van der Waals surface area contributed by atoms with Gasteiger partial charge in [-0.25, -0.2) is 5.10 Å². The molecule has 1 atom stereocenters. The van der Waals surface area contributed by atoms with E-state index in [1.807, 2.05) is 38.2 Å². The molecule has 0 aliphatic heterocycles. The fourth-order valence-corrected chi connectivity index (χ4v) is 1.60. The molecule has 0 unspecified atom stereocenters. The van der Waals surface area contributed by atoms with Crippen LogP contribution in [0.3, 0.4) is 0 Å². The molecule has 0 aliphatic carbocycles. The average Bonchev–Trinajstić information content (AvgIpc) is 2.29. The fourth-order valence-electron chi connectivity index (χ4n) is 1.60. The third kappa shape index (κ3) is 1.64. The molecular weight excluding hydrogens is 190 g/mol. The SMILES string of the molecule is CN[C@H](C)c1n[nH]c(=O)c2ccccc12. The van der Waals surface area contributed by atoms with Gasteiger partial charge in [0.05, 0.1) is 11.1 Å². The van der Waals surface area contributed by atoms with Crippen molar-refractivity contribution in [1.29, 1.82) is 0 Å². The molecular formula is C11H13N3O. The Morgan fingerprint density at radius 1 is 1.33 bits per heavy atom. The van der Waals surface area contributed by atoms with Crippen LogP contribution in [-0.4, -0.2) is 17.2 Å². The number of hydrogen-bond acceptors (Lipinski definition) is 3. The van der Waals surface area contributed by atoms with E-state index in [1.165, 1.54) is 0 Å². The van der Waals surface area contributed by atoms with E-state index in [0.717, 1.165) is 11.1 Å². The van der Waals surface area contributed by atoms with E-state index in [-0.39, 0.29) is 11.6 Å². The van der Waals surface area contributed by atoms with Crippen molar-refractivity contribution < 1.29 is 0 Å². The minimum Gasteiger partial charge on any atom is -0.312 e. The Hall–Kier alpha value is -1.68. The van der Waals surface area contributed by atoms with Crippen LogP contribution in [0.1, 0.15) is 18.7 Å². The molecule has 0 radical (unpaired) electrons. The smallest absolute Gasteiger partial charge is 0.272 e. The molecule has 2 rings (SSSR count). The average molecular weight is 203 g/mol. The highest BCUT2D eigenvalue weighted by molar-refractivity contribution is 5.83. The molecule has 0 fully saturated rings. The number of benzene rings is 1. The van der Waals surface area contributed by atoms with E-state index in [9.17, 15) is 4.79 Å². The van der Waals surface area contributed by atoms with Gasteiger partial charge in [-0.15, -0.1) is 0 Å². The van der Waals surface area contributed by atoms with Crippen molar-refractivity contribution in [3.8, 4) is 0 Å². The standard InChI is InChI=1S/C11H13N3O/c1-7(12-2)10-8-5-3-4-6-9(8)11(15)14-13-10/h3-7,12H,1-2H3,(H,14,15)/t7-/m1/s1. The van der Waals surface area contributed by atoms with Gasteiger partial charge in [0.1, 0.15) is 0 Å². The molecule has 1 aromatic carbocycles. The maximum Gasteiger partial charge on any atom is 0.272 e. The van der Waals surface area contributed by atoms with Gasteiger partial charge in [-0.05, 0) is 20.0 Å². The Labute approximate surface area is 87.3 Å². The summed E-state index contributed by atoms with van der Waals surface area (Å²) in [6, 6.07) is 7.61. The van der Waals surface area contributed by atoms with Gasteiger partial charge in [0.15, 0.2) is 0 Å². The van der Waals surface area contributed by atoms with E-state index in [2.05, 4.69) is 15.5 Å². The molecule has 0 spiro atoms. The van der Waals surface area contributed by atoms with Crippen molar-refractivity contribution in [3.05, 3.63) is 40.3 Å². The quantitative estimate of drug-likeness (QED) is 0.771. The van der Waals surface area contributed by atoms with Gasteiger partial charge < -0.3 is 5.32 Å². The zero-order valence-corrected chi connectivity index (χ0v) is 8.74. The lowest BCUT2D eigenvalue weighted by Crippen LogP contribution is -2.18. The van der Waals surface area contributed by atoms with E-state index in [0.29, 0.717) is 5.39 Å². The largest absolute Gasteiger partial charge is 0.312 e. The summed E-state index contributed by atoms with van der Waals surface area (Å²) in [6.45, 7) is 2.01. The van der Waals surface area contributed by atoms with Gasteiger partial charge in [0.2, 0.25) is 0 Å². The zero-order valence-electron chi connectivity index (χ0n) is 8.74. The van der Waals surface area contributed by atoms with Crippen LogP contribution in [0.25, 0.3) is 10.8 Å². The Kier molecular flexibility index (Phi) is 2.51. The molecule has 0 saturated heterocycles. The third-order valence-electron chi connectivity index (χ3n) is 2.57. The Morgan fingerprint density at radius 3 is 2.67 bits per heavy atom. The molecule has 2 N–H and O–H groups in total. The molecule has 0 bridgehead atoms. The lowest BCUT2D eigenvalue weighted by molar-refractivity contribution is 0.627. The predicted molar refractivity (Wildman–Crippen MR) is 59.8 cm³/mol. The highest BCUT2D eigenvalue weighted by atomic mass is 16.1. The predicted octanol–water partition coefficient (Wildman–Crippen LogP) is 1.20. The number of hydrogen-bond donors (Lipinski definition) is 2. The summed E-state index contributed by atoms with van der Waals surface area (Å²) >= 11 is 0. The first kappa shape index (κ1) is 9.86. The first-order chi connectivity index (χ1) is 7.24. The fraction of sp³-hybridized carbons (Fsp3) is 0.273. The van der Waals surface area contributed by atoms with E-state index >= 15 is 0 Å². The summed E-state index contributed by atoms with van der Waals surface area (Å²) in [4.78, 5) is 11.5. The van der Waals surface area contributed by atoms with Crippen LogP contribution in [0.4, 0.5) is 0 Å². The van der Waals surface area contributed by atoms with Crippen LogP contribution in [0.5, 0.6) is 0 Å². The van der Waals surface area contributed by atoms with Gasteiger partial charge in [0.25, 0.3) is 5.56 Å². The number of nitrogens with one attached hydrogen (secondary N) is 2. The Morgan fingerprint density at radius 2 is 2.00 bits per heavy atom. The maximum absolute atomic E-state index is 11.5. The highest BCUT2D eigenvalue weighted by Gasteiger charge is 2.10. The third-order valence-corrected chi connectivity index (χ3v) is 2.57. The summed E-state index contributed by atoms with van der Waals surface area (Å²) in [7, 11) is 1.87. The molecule has 4 nitrogen and oxygen atoms in total. The second kappa shape index (κ2) is 3.82. The maximum atomic E-state index is 11.5. The van der Waals surface area contributed by atoms with Crippen LogP contribution in [0.15, 0.2) is 29.1 Å². The number of aromatic nitrogens is 2. The molecule has 1 heterocycles. The molecule has 15 heavy (non-hydrogen) atoms. The number of aromatic amines is 1. The molecule has 4 heteroatoms. The van der Waals surface area contributed by atoms with Crippen LogP contribution in [-0.2, 0) is 0 Å². The lowest BCUT2D eigenvalue weighted by Gasteiger charge is -2.11. The van der Waals surface area contributed by atoms with Crippen molar-refractivity contribution in [2.24, 2.45) is 0 Å². The first-order valence-electron chi connectivity index (χ1n) is 4.88. The Balaban J connectivity index is 2.77. The molecule has 2 aromatic rings. The topological polar surface area (TPSA) is 57.8 Å². The van der Waals surface area contributed by atoms with Crippen LogP contribution >= 0.6 is 0 Å². The summed E-state index contributed by atoms with van der Waals surface area (Å²) in [6.07, 6.45) is 0. The molecule has 0 saturated carbocycles. The van der Waals surface area contributed by atoms with Crippen LogP contribution in [0.2, 0.25) is 0 Å². The molecule has 0 aliphatic rings. The number of H-pyrrole nitrogens is 1. The molecule has 78 valence electrons. The van der Waals surface area contributed by atoms with Gasteiger partial charge in [-0.3, -0.25) is 4.79 Å². The minimum atomic E-state index is -0.141. The number of rotatable bonds is 2. The molecule has 1 aromatic heterocycles. The van der Waals surface area contributed by atoms with Crippen molar-refractivity contribution in [3.63, 3.8) is 0 Å². The van der Waals surface area contributed by atoms with Gasteiger partial charge >= 0.3 is 0 Å². The summed E-state index contributed by atoms with van der Waals surface area (Å²) in [5, 5.41) is 11.3. The Bertz CT molecular complexity index is 533. The monoisotopic (exact) mass is 203 g/mol. The number of nitrogens with zero attached hydrogens (tertiary/aromatic N) is 1. The number of fused-ring (bicyclic) bond motifs is 1. The normalized spacial score (nSPS) is 12.9. The van der Waals surface area contributed by atoms with Crippen molar-refractivity contribution in [2.75, 3.05) is 7.05 Å². The summed E-state index contributed by atoms with van der Waals surface area (Å²) in [5.74, 6) is 0. The highest BCUT2D eigenvalue weighted by Crippen LogP contribution is 2.17. The van der Waals surface area contributed by atoms with Crippen LogP contribution in [0, 0.1) is 0 Å². The lowest BCUT2D eigenvalue weighted by atomic mass is 10.1. The van der Waals surface area contributed by atoms with E-state index in [1.54, 1.807) is 0 Å². The first-order valence-corrected chi connectivity index (χ1v) is 4.88. The van der Waals surface area contributed by atoms with Crippen molar-refractivity contribution >= 4 is 10.8 Å². The van der Waals surface area contributed by atoms with E-state index < -0.39 is 0 Å². The van der Waals surface area contributed by atoms with Crippen LogP contribution < -0.4 is 10.9 Å². The minimum absolute atomic E-state index is 0.117. The van der Waals surface area contributed by atoms with Gasteiger partial charge in [-0.1, -0.05) is 18.2 Å². The second-order valence-electron chi connectivity index (χ2n) is 3.49. The summed E-state index contributed by atoms with van der Waals surface area (Å²) < 4.78 is 0. The van der Waals surface area contributed by atoms with Gasteiger partial charge in [-0.2, -0.15) is 5.10 Å². The molecule has 0 amide bonds. The van der Waals surface area contributed by atoms with Crippen molar-refractivity contribution in [2.45, 2.75) is 13.0 Å². The van der Waals surface area contributed by atoms with Crippen molar-refractivity contribution in [1.82, 2.24) is 15.5 Å². The zero-order chi connectivity index (χ0) is 10.8. The summed E-state index contributed by atoms with van der Waals surface area (Å²) in [5.41, 5.74) is 0.727. The van der Waals surface area contributed by atoms with Gasteiger partial charge in [0, 0.05) is 11.4 Å². The van der Waals surface area contributed by atoms with E-state index in [4.69, 9.17) is 0 Å².